The fourth-order valence-corrected chi connectivity index (χ4v) is 2.75. The van der Waals surface area contributed by atoms with Gasteiger partial charge in [-0.25, -0.2) is 4.99 Å². The van der Waals surface area contributed by atoms with Crippen molar-refractivity contribution in [3.63, 3.8) is 0 Å². The van der Waals surface area contributed by atoms with E-state index < -0.39 is 0 Å². The Kier molecular flexibility index (Phi) is 3.27. The summed E-state index contributed by atoms with van der Waals surface area (Å²) in [7, 11) is 0. The van der Waals surface area contributed by atoms with E-state index in [2.05, 4.69) is 4.99 Å². The van der Waals surface area contributed by atoms with E-state index >= 15 is 0 Å². The molecule has 1 aliphatic heterocycles. The summed E-state index contributed by atoms with van der Waals surface area (Å²) in [5, 5.41) is 10.4. The smallest absolute Gasteiger partial charge is 0.188 e. The summed E-state index contributed by atoms with van der Waals surface area (Å²) in [6.45, 7) is 0. The number of ether oxygens (including phenoxy) is 1. The molecule has 18 heavy (non-hydrogen) atoms. The molecule has 3 atom stereocenters. The number of hydrogen-bond acceptors (Lipinski definition) is 3. The first-order valence-electron chi connectivity index (χ1n) is 6.36. The van der Waals surface area contributed by atoms with Crippen molar-refractivity contribution in [1.29, 1.82) is 0 Å². The zero-order valence-corrected chi connectivity index (χ0v) is 10.8. The third-order valence-corrected chi connectivity index (χ3v) is 3.85. The molecule has 1 heterocycles. The number of hydrogen-bond donors (Lipinski definition) is 1. The zero-order valence-electron chi connectivity index (χ0n) is 10.1. The summed E-state index contributed by atoms with van der Waals surface area (Å²) in [5.41, 5.74) is 1.15. The average molecular weight is 266 g/mol. The van der Waals surface area contributed by atoms with Gasteiger partial charge >= 0.3 is 0 Å². The summed E-state index contributed by atoms with van der Waals surface area (Å²) in [6, 6.07) is 7.98. The lowest BCUT2D eigenvalue weighted by molar-refractivity contribution is 0.0497. The van der Waals surface area contributed by atoms with Gasteiger partial charge in [0.2, 0.25) is 0 Å². The van der Waals surface area contributed by atoms with Crippen LogP contribution in [-0.2, 0) is 11.2 Å². The van der Waals surface area contributed by atoms with Gasteiger partial charge in [-0.1, -0.05) is 23.7 Å². The Labute approximate surface area is 111 Å². The lowest BCUT2D eigenvalue weighted by Gasteiger charge is -2.26. The molecule has 0 bridgehead atoms. The van der Waals surface area contributed by atoms with Crippen molar-refractivity contribution in [3.8, 4) is 0 Å². The molecule has 0 amide bonds. The molecule has 4 heteroatoms. The van der Waals surface area contributed by atoms with Crippen molar-refractivity contribution in [2.24, 2.45) is 4.99 Å². The fraction of sp³-hybridized carbons (Fsp3) is 0.500. The second-order valence-corrected chi connectivity index (χ2v) is 5.45. The molecule has 0 spiro atoms. The number of fused-ring (bicyclic) bond motifs is 1. The van der Waals surface area contributed by atoms with Crippen LogP contribution in [0.25, 0.3) is 0 Å². The Morgan fingerprint density at radius 2 is 2.06 bits per heavy atom. The fourth-order valence-electron chi connectivity index (χ4n) is 2.62. The molecule has 0 saturated heterocycles. The average Bonchev–Trinajstić information content (AvgIpc) is 2.73. The van der Waals surface area contributed by atoms with Crippen molar-refractivity contribution in [3.05, 3.63) is 34.9 Å². The molecule has 1 aliphatic carbocycles. The second-order valence-electron chi connectivity index (χ2n) is 5.02. The van der Waals surface area contributed by atoms with Crippen LogP contribution in [-0.4, -0.2) is 29.3 Å². The third-order valence-electron chi connectivity index (χ3n) is 3.60. The van der Waals surface area contributed by atoms with Gasteiger partial charge in [-0.3, -0.25) is 0 Å². The van der Waals surface area contributed by atoms with Gasteiger partial charge in [0.05, 0.1) is 12.1 Å². The van der Waals surface area contributed by atoms with Crippen LogP contribution >= 0.6 is 11.6 Å². The van der Waals surface area contributed by atoms with Crippen LogP contribution in [0.15, 0.2) is 29.3 Å². The zero-order chi connectivity index (χ0) is 12.5. The van der Waals surface area contributed by atoms with Gasteiger partial charge in [-0.2, -0.15) is 0 Å². The predicted molar refractivity (Wildman–Crippen MR) is 71.1 cm³/mol. The maximum atomic E-state index is 9.62. The Morgan fingerprint density at radius 1 is 1.28 bits per heavy atom. The molecule has 3 nitrogen and oxygen atoms in total. The minimum absolute atomic E-state index is 0.0797. The van der Waals surface area contributed by atoms with Crippen LogP contribution in [0.3, 0.4) is 0 Å². The number of rotatable bonds is 2. The highest BCUT2D eigenvalue weighted by atomic mass is 35.5. The van der Waals surface area contributed by atoms with E-state index in [1.54, 1.807) is 0 Å². The van der Waals surface area contributed by atoms with Gasteiger partial charge < -0.3 is 9.84 Å². The van der Waals surface area contributed by atoms with E-state index in [-0.39, 0.29) is 18.2 Å². The standard InChI is InChI=1S/C14H16ClNO2/c15-10-3-1-9(2-4-10)7-14-16-12-6-5-11(17)8-13(12)18-14/h1-4,11-13,17H,5-8H2. The van der Waals surface area contributed by atoms with Crippen molar-refractivity contribution in [1.82, 2.24) is 0 Å². The molecule has 1 N–H and O–H groups in total. The summed E-state index contributed by atoms with van der Waals surface area (Å²) in [6.07, 6.45) is 3.03. The number of benzene rings is 1. The largest absolute Gasteiger partial charge is 0.475 e. The highest BCUT2D eigenvalue weighted by Crippen LogP contribution is 2.29. The first-order chi connectivity index (χ1) is 8.70. The van der Waals surface area contributed by atoms with E-state index in [1.807, 2.05) is 24.3 Å². The lowest BCUT2D eigenvalue weighted by Crippen LogP contribution is -2.33. The van der Waals surface area contributed by atoms with Crippen LogP contribution in [0.1, 0.15) is 24.8 Å². The molecule has 0 radical (unpaired) electrons. The van der Waals surface area contributed by atoms with Crippen LogP contribution in [0.5, 0.6) is 0 Å². The summed E-state index contributed by atoms with van der Waals surface area (Å²) in [4.78, 5) is 4.61. The first-order valence-corrected chi connectivity index (χ1v) is 6.74. The van der Waals surface area contributed by atoms with Gasteiger partial charge in [-0.05, 0) is 30.5 Å². The third kappa shape index (κ3) is 2.52. The molecule has 1 fully saturated rings. The monoisotopic (exact) mass is 265 g/mol. The minimum atomic E-state index is -0.226. The normalized spacial score (nSPS) is 30.6. The van der Waals surface area contributed by atoms with Crippen molar-refractivity contribution < 1.29 is 9.84 Å². The maximum absolute atomic E-state index is 9.62. The quantitative estimate of drug-likeness (QED) is 0.893. The number of aliphatic imine (C=N–C) groups is 1. The van der Waals surface area contributed by atoms with E-state index in [1.165, 1.54) is 0 Å². The van der Waals surface area contributed by atoms with Crippen molar-refractivity contribution in [2.45, 2.75) is 43.9 Å². The molecule has 3 rings (SSSR count). The number of aliphatic hydroxyl groups excluding tert-OH is 1. The molecular formula is C14H16ClNO2. The Hall–Kier alpha value is -1.06. The number of nitrogens with zero attached hydrogens (tertiary/aromatic N) is 1. The Balaban J connectivity index is 1.66. The van der Waals surface area contributed by atoms with Crippen LogP contribution in [0, 0.1) is 0 Å². The molecular weight excluding hydrogens is 250 g/mol. The topological polar surface area (TPSA) is 41.8 Å². The maximum Gasteiger partial charge on any atom is 0.188 e. The molecule has 2 aliphatic rings. The van der Waals surface area contributed by atoms with Crippen LogP contribution in [0.4, 0.5) is 0 Å². The molecule has 1 aromatic rings. The Morgan fingerprint density at radius 3 is 2.83 bits per heavy atom. The number of halogens is 1. The van der Waals surface area contributed by atoms with Gasteiger partial charge in [0.15, 0.2) is 5.90 Å². The van der Waals surface area contributed by atoms with Gasteiger partial charge in [-0.15, -0.1) is 0 Å². The van der Waals surface area contributed by atoms with Crippen molar-refractivity contribution >= 4 is 17.5 Å². The first kappa shape index (κ1) is 12.0. The highest BCUT2D eigenvalue weighted by molar-refractivity contribution is 6.30. The molecule has 1 saturated carbocycles. The van der Waals surface area contributed by atoms with Crippen LogP contribution in [0.2, 0.25) is 5.02 Å². The Bertz CT molecular complexity index is 457. The predicted octanol–water partition coefficient (Wildman–Crippen LogP) is 2.59. The number of aliphatic hydroxyl groups is 1. The van der Waals surface area contributed by atoms with E-state index in [0.717, 1.165) is 29.3 Å². The molecule has 96 valence electrons. The summed E-state index contributed by atoms with van der Waals surface area (Å²) >= 11 is 5.85. The van der Waals surface area contributed by atoms with Gasteiger partial charge in [0.1, 0.15) is 6.10 Å². The summed E-state index contributed by atoms with van der Waals surface area (Å²) in [5.74, 6) is 0.793. The van der Waals surface area contributed by atoms with E-state index in [0.29, 0.717) is 12.8 Å². The highest BCUT2D eigenvalue weighted by Gasteiger charge is 2.36. The van der Waals surface area contributed by atoms with Gasteiger partial charge in [0.25, 0.3) is 0 Å². The molecule has 1 aromatic carbocycles. The van der Waals surface area contributed by atoms with Crippen molar-refractivity contribution in [2.75, 3.05) is 0 Å². The minimum Gasteiger partial charge on any atom is -0.475 e. The lowest BCUT2D eigenvalue weighted by atomic mass is 9.91. The van der Waals surface area contributed by atoms with E-state index in [4.69, 9.17) is 16.3 Å². The summed E-state index contributed by atoms with van der Waals surface area (Å²) < 4.78 is 5.83. The SMILES string of the molecule is OC1CCC2N=C(Cc3ccc(Cl)cc3)OC2C1. The van der Waals surface area contributed by atoms with E-state index in [9.17, 15) is 5.11 Å². The molecule has 0 aromatic heterocycles. The second kappa shape index (κ2) is 4.90. The van der Waals surface area contributed by atoms with Crippen LogP contribution < -0.4 is 0 Å². The molecule has 3 unspecified atom stereocenters. The van der Waals surface area contributed by atoms with Gasteiger partial charge in [0, 0.05) is 17.9 Å².